The van der Waals surface area contributed by atoms with E-state index in [1.54, 1.807) is 9.80 Å². The molecule has 0 saturated carbocycles. The Morgan fingerprint density at radius 2 is 1.71 bits per heavy atom. The minimum absolute atomic E-state index is 0.314. The Bertz CT molecular complexity index is 351. The molecule has 0 bridgehead atoms. The number of nitrogens with one attached hydrogen (secondary N) is 2. The van der Waals surface area contributed by atoms with E-state index in [1.807, 2.05) is 0 Å². The second kappa shape index (κ2) is 6.50. The van der Waals surface area contributed by atoms with Gasteiger partial charge >= 0.3 is 0 Å². The predicted molar refractivity (Wildman–Crippen MR) is 71.2 cm³/mol. The van der Waals surface area contributed by atoms with Crippen molar-refractivity contribution < 1.29 is 14.9 Å². The van der Waals surface area contributed by atoms with E-state index >= 15 is 0 Å². The highest BCUT2D eigenvalue weighted by molar-refractivity contribution is 9.10. The lowest BCUT2D eigenvalue weighted by molar-refractivity contribution is -1.02. The van der Waals surface area contributed by atoms with Gasteiger partial charge in [-0.25, -0.2) is 0 Å². The predicted octanol–water partition coefficient (Wildman–Crippen LogP) is -1.28. The fourth-order valence-corrected chi connectivity index (χ4v) is 2.88. The lowest BCUT2D eigenvalue weighted by Gasteiger charge is -2.29. The molecule has 2 rings (SSSR count). The fraction of sp³-hybridized carbons (Fsp3) is 0.538. The molecule has 3 nitrogen and oxygen atoms in total. The van der Waals surface area contributed by atoms with Crippen LogP contribution in [0.25, 0.3) is 0 Å². The average Bonchev–Trinajstić information content (AvgIpc) is 2.35. The SMILES string of the molecule is OCC[NH+]1CC[NH+](Cc2ccccc2Br)CC1. The number of quaternary nitrogens is 2. The molecule has 17 heavy (non-hydrogen) atoms. The first-order chi connectivity index (χ1) is 8.29. The quantitative estimate of drug-likeness (QED) is 0.636. The van der Waals surface area contributed by atoms with Crippen molar-refractivity contribution in [3.8, 4) is 0 Å². The molecule has 4 heteroatoms. The lowest BCUT2D eigenvalue weighted by Crippen LogP contribution is -3.27. The fourth-order valence-electron chi connectivity index (χ4n) is 2.45. The van der Waals surface area contributed by atoms with Crippen molar-refractivity contribution in [1.29, 1.82) is 0 Å². The van der Waals surface area contributed by atoms with Crippen LogP contribution in [0.4, 0.5) is 0 Å². The molecule has 1 aliphatic heterocycles. The molecule has 0 aromatic heterocycles. The normalized spacial score (nSPS) is 24.8. The molecule has 1 aliphatic rings. The van der Waals surface area contributed by atoms with Gasteiger partial charge < -0.3 is 14.9 Å². The van der Waals surface area contributed by atoms with Gasteiger partial charge in [-0.05, 0) is 6.07 Å². The van der Waals surface area contributed by atoms with E-state index in [9.17, 15) is 0 Å². The lowest BCUT2D eigenvalue weighted by atomic mass is 10.2. The molecule has 1 aromatic rings. The molecule has 0 spiro atoms. The maximum absolute atomic E-state index is 8.92. The van der Waals surface area contributed by atoms with Crippen LogP contribution in [0.5, 0.6) is 0 Å². The van der Waals surface area contributed by atoms with Gasteiger partial charge in [0, 0.05) is 10.0 Å². The summed E-state index contributed by atoms with van der Waals surface area (Å²) in [6.45, 7) is 7.10. The van der Waals surface area contributed by atoms with Crippen LogP contribution in [-0.2, 0) is 6.54 Å². The summed E-state index contributed by atoms with van der Waals surface area (Å²) in [6.07, 6.45) is 0. The van der Waals surface area contributed by atoms with Crippen molar-refractivity contribution in [3.05, 3.63) is 34.3 Å². The zero-order valence-corrected chi connectivity index (χ0v) is 11.7. The van der Waals surface area contributed by atoms with E-state index < -0.39 is 0 Å². The molecule has 1 aromatic carbocycles. The molecule has 3 N–H and O–H groups in total. The third kappa shape index (κ3) is 3.78. The number of piperazine rings is 1. The molecule has 1 heterocycles. The van der Waals surface area contributed by atoms with E-state index in [1.165, 1.54) is 36.2 Å². The molecule has 1 saturated heterocycles. The van der Waals surface area contributed by atoms with Crippen LogP contribution < -0.4 is 9.80 Å². The Morgan fingerprint density at radius 1 is 1.06 bits per heavy atom. The largest absolute Gasteiger partial charge is 0.391 e. The third-order valence-electron chi connectivity index (χ3n) is 3.53. The van der Waals surface area contributed by atoms with E-state index in [4.69, 9.17) is 5.11 Å². The summed E-state index contributed by atoms with van der Waals surface area (Å²) in [6, 6.07) is 8.48. The first-order valence-corrected chi connectivity index (χ1v) is 7.10. The van der Waals surface area contributed by atoms with Gasteiger partial charge in [0.05, 0.1) is 6.61 Å². The summed E-state index contributed by atoms with van der Waals surface area (Å²) in [5.74, 6) is 0. The molecular formula is C13H21BrN2O+2. The summed E-state index contributed by atoms with van der Waals surface area (Å²) >= 11 is 3.61. The summed E-state index contributed by atoms with van der Waals surface area (Å²) < 4.78 is 1.22. The topological polar surface area (TPSA) is 29.1 Å². The third-order valence-corrected chi connectivity index (χ3v) is 4.30. The number of hydrogen-bond donors (Lipinski definition) is 3. The minimum atomic E-state index is 0.314. The van der Waals surface area contributed by atoms with Crippen LogP contribution in [0.15, 0.2) is 28.7 Å². The van der Waals surface area contributed by atoms with Crippen LogP contribution in [0.2, 0.25) is 0 Å². The van der Waals surface area contributed by atoms with E-state index in [-0.39, 0.29) is 0 Å². The summed E-state index contributed by atoms with van der Waals surface area (Å²) in [4.78, 5) is 3.20. The van der Waals surface area contributed by atoms with E-state index in [0.29, 0.717) is 6.61 Å². The van der Waals surface area contributed by atoms with Crippen molar-refractivity contribution in [2.75, 3.05) is 39.3 Å². The number of aliphatic hydroxyl groups excluding tert-OH is 1. The van der Waals surface area contributed by atoms with Crippen molar-refractivity contribution >= 4 is 15.9 Å². The second-order valence-electron chi connectivity index (χ2n) is 4.74. The number of halogens is 1. The summed E-state index contributed by atoms with van der Waals surface area (Å²) in [7, 11) is 0. The number of aliphatic hydroxyl groups is 1. The van der Waals surface area contributed by atoms with Crippen molar-refractivity contribution in [2.24, 2.45) is 0 Å². The van der Waals surface area contributed by atoms with Gasteiger partial charge in [0.25, 0.3) is 0 Å². The van der Waals surface area contributed by atoms with Gasteiger partial charge in [-0.15, -0.1) is 0 Å². The molecule has 0 amide bonds. The maximum Gasteiger partial charge on any atom is 0.127 e. The Balaban J connectivity index is 1.84. The highest BCUT2D eigenvalue weighted by Crippen LogP contribution is 2.14. The molecule has 0 atom stereocenters. The van der Waals surface area contributed by atoms with Crippen LogP contribution in [0, 0.1) is 0 Å². The van der Waals surface area contributed by atoms with Crippen LogP contribution in [-0.4, -0.2) is 44.4 Å². The average molecular weight is 301 g/mol. The molecule has 94 valence electrons. The smallest absolute Gasteiger partial charge is 0.127 e. The highest BCUT2D eigenvalue weighted by atomic mass is 79.9. The van der Waals surface area contributed by atoms with Gasteiger partial charge in [0.2, 0.25) is 0 Å². The number of rotatable bonds is 4. The van der Waals surface area contributed by atoms with Gasteiger partial charge in [-0.1, -0.05) is 34.1 Å². The van der Waals surface area contributed by atoms with Gasteiger partial charge in [0.15, 0.2) is 0 Å². The van der Waals surface area contributed by atoms with Crippen LogP contribution in [0.3, 0.4) is 0 Å². The van der Waals surface area contributed by atoms with Crippen LogP contribution >= 0.6 is 15.9 Å². The molecule has 0 aliphatic carbocycles. The molecular weight excluding hydrogens is 280 g/mol. The van der Waals surface area contributed by atoms with Crippen LogP contribution in [0.1, 0.15) is 5.56 Å². The Morgan fingerprint density at radius 3 is 2.35 bits per heavy atom. The Labute approximate surface area is 111 Å². The van der Waals surface area contributed by atoms with Gasteiger partial charge in [-0.2, -0.15) is 0 Å². The highest BCUT2D eigenvalue weighted by Gasteiger charge is 2.22. The first-order valence-electron chi connectivity index (χ1n) is 6.31. The molecule has 0 radical (unpaired) electrons. The van der Waals surface area contributed by atoms with E-state index in [2.05, 4.69) is 40.2 Å². The number of benzene rings is 1. The van der Waals surface area contributed by atoms with Crippen molar-refractivity contribution in [2.45, 2.75) is 6.54 Å². The Hall–Kier alpha value is -0.420. The van der Waals surface area contributed by atoms with Crippen molar-refractivity contribution in [1.82, 2.24) is 0 Å². The monoisotopic (exact) mass is 300 g/mol. The second-order valence-corrected chi connectivity index (χ2v) is 5.60. The minimum Gasteiger partial charge on any atom is -0.391 e. The number of hydrogen-bond acceptors (Lipinski definition) is 1. The van der Waals surface area contributed by atoms with Gasteiger partial charge in [-0.3, -0.25) is 0 Å². The Kier molecular flexibility index (Phi) is 4.98. The van der Waals surface area contributed by atoms with Crippen molar-refractivity contribution in [3.63, 3.8) is 0 Å². The maximum atomic E-state index is 8.92. The first kappa shape index (κ1) is 13.0. The van der Waals surface area contributed by atoms with Gasteiger partial charge in [0.1, 0.15) is 39.3 Å². The van der Waals surface area contributed by atoms with E-state index in [0.717, 1.165) is 13.1 Å². The molecule has 0 unspecified atom stereocenters. The standard InChI is InChI=1S/C13H19BrN2O/c14-13-4-2-1-3-12(13)11-16-7-5-15(6-8-16)9-10-17/h1-4,17H,5-11H2/p+2. The zero-order valence-electron chi connectivity index (χ0n) is 10.1. The molecule has 1 fully saturated rings. The zero-order chi connectivity index (χ0) is 12.1. The summed E-state index contributed by atoms with van der Waals surface area (Å²) in [5.41, 5.74) is 1.40. The summed E-state index contributed by atoms with van der Waals surface area (Å²) in [5, 5.41) is 8.92.